The molecule has 0 aliphatic rings. The van der Waals surface area contributed by atoms with Crippen molar-refractivity contribution in [1.29, 1.82) is 0 Å². The third-order valence-electron chi connectivity index (χ3n) is 5.00. The topological polar surface area (TPSA) is 20.2 Å². The minimum absolute atomic E-state index is 0.0608. The van der Waals surface area contributed by atoms with E-state index in [1.54, 1.807) is 0 Å². The number of hydrogen-bond donors (Lipinski definition) is 1. The zero-order chi connectivity index (χ0) is 18.4. The molecule has 0 aromatic carbocycles. The van der Waals surface area contributed by atoms with Crippen molar-refractivity contribution in [3.63, 3.8) is 0 Å². The highest BCUT2D eigenvalue weighted by atomic mass is 35.5. The van der Waals surface area contributed by atoms with Gasteiger partial charge in [0.1, 0.15) is 0 Å². The predicted molar refractivity (Wildman–Crippen MR) is 110 cm³/mol. The predicted octanol–water partition coefficient (Wildman–Crippen LogP) is 7.70. The van der Waals surface area contributed by atoms with Crippen LogP contribution in [0.1, 0.15) is 111 Å². The SMILES string of the molecule is CCCCCCCCCCCCCC(Cl)C(CC(C)O)C(C)(C)Cl. The van der Waals surface area contributed by atoms with Crippen LogP contribution in [0, 0.1) is 5.92 Å². The van der Waals surface area contributed by atoms with Gasteiger partial charge in [0.2, 0.25) is 0 Å². The molecule has 0 fully saturated rings. The van der Waals surface area contributed by atoms with Crippen LogP contribution >= 0.6 is 23.2 Å². The molecule has 146 valence electrons. The highest BCUT2D eigenvalue weighted by Gasteiger charge is 2.33. The quantitative estimate of drug-likeness (QED) is 0.214. The Morgan fingerprint density at radius 2 is 1.25 bits per heavy atom. The highest BCUT2D eigenvalue weighted by Crippen LogP contribution is 2.35. The molecule has 3 unspecified atom stereocenters. The van der Waals surface area contributed by atoms with Crippen LogP contribution in [0.15, 0.2) is 0 Å². The molecule has 3 heteroatoms. The molecule has 3 atom stereocenters. The van der Waals surface area contributed by atoms with E-state index in [0.29, 0.717) is 6.42 Å². The third-order valence-corrected chi connectivity index (χ3v) is 5.80. The summed E-state index contributed by atoms with van der Waals surface area (Å²) in [6.07, 6.45) is 16.2. The zero-order valence-electron chi connectivity index (χ0n) is 16.6. The summed E-state index contributed by atoms with van der Waals surface area (Å²) >= 11 is 13.1. The van der Waals surface area contributed by atoms with E-state index in [2.05, 4.69) is 6.92 Å². The van der Waals surface area contributed by atoms with Crippen molar-refractivity contribution in [2.75, 3.05) is 0 Å². The summed E-state index contributed by atoms with van der Waals surface area (Å²) in [6.45, 7) is 8.11. The lowest BCUT2D eigenvalue weighted by Crippen LogP contribution is -2.34. The summed E-state index contributed by atoms with van der Waals surface area (Å²) in [5.74, 6) is 0.156. The number of halogens is 2. The Labute approximate surface area is 161 Å². The van der Waals surface area contributed by atoms with E-state index in [1.165, 1.54) is 70.6 Å². The number of hydrogen-bond acceptors (Lipinski definition) is 1. The lowest BCUT2D eigenvalue weighted by atomic mass is 9.84. The molecule has 1 nitrogen and oxygen atoms in total. The largest absolute Gasteiger partial charge is 0.393 e. The fourth-order valence-corrected chi connectivity index (χ4v) is 4.31. The van der Waals surface area contributed by atoms with Gasteiger partial charge in [0, 0.05) is 10.3 Å². The second-order valence-electron chi connectivity index (χ2n) is 8.10. The maximum Gasteiger partial charge on any atom is 0.0515 e. The first-order valence-corrected chi connectivity index (χ1v) is 11.1. The Hall–Kier alpha value is 0.540. The Morgan fingerprint density at radius 1 is 0.833 bits per heavy atom. The van der Waals surface area contributed by atoms with Gasteiger partial charge in [0.05, 0.1) is 6.10 Å². The van der Waals surface area contributed by atoms with E-state index in [4.69, 9.17) is 23.2 Å². The summed E-state index contributed by atoms with van der Waals surface area (Å²) in [7, 11) is 0. The van der Waals surface area contributed by atoms with Crippen molar-refractivity contribution in [2.24, 2.45) is 5.92 Å². The molecule has 0 heterocycles. The van der Waals surface area contributed by atoms with Crippen LogP contribution in [0.25, 0.3) is 0 Å². The van der Waals surface area contributed by atoms with Gasteiger partial charge in [-0.2, -0.15) is 0 Å². The van der Waals surface area contributed by atoms with Gasteiger partial charge in [0.25, 0.3) is 0 Å². The molecular weight excluding hydrogens is 339 g/mol. The first kappa shape index (κ1) is 24.5. The fraction of sp³-hybridized carbons (Fsp3) is 1.00. The Bertz CT molecular complexity index is 274. The fourth-order valence-electron chi connectivity index (χ4n) is 3.43. The van der Waals surface area contributed by atoms with Gasteiger partial charge in [0.15, 0.2) is 0 Å². The van der Waals surface area contributed by atoms with Crippen molar-refractivity contribution in [3.8, 4) is 0 Å². The minimum atomic E-state index is -0.360. The van der Waals surface area contributed by atoms with Crippen LogP contribution in [-0.2, 0) is 0 Å². The first-order valence-electron chi connectivity index (χ1n) is 10.3. The molecule has 0 aromatic heterocycles. The van der Waals surface area contributed by atoms with Gasteiger partial charge in [-0.15, -0.1) is 23.2 Å². The summed E-state index contributed by atoms with van der Waals surface area (Å²) in [6, 6.07) is 0. The molecule has 0 aliphatic heterocycles. The monoisotopic (exact) mass is 380 g/mol. The van der Waals surface area contributed by atoms with E-state index in [0.717, 1.165) is 6.42 Å². The molecule has 0 rings (SSSR count). The number of alkyl halides is 2. The Morgan fingerprint density at radius 3 is 1.62 bits per heavy atom. The minimum Gasteiger partial charge on any atom is -0.393 e. The van der Waals surface area contributed by atoms with E-state index < -0.39 is 0 Å². The van der Waals surface area contributed by atoms with E-state index in [-0.39, 0.29) is 22.3 Å². The summed E-state index contributed by atoms with van der Waals surface area (Å²) in [4.78, 5) is -0.360. The summed E-state index contributed by atoms with van der Waals surface area (Å²) in [5, 5.41) is 9.74. The number of rotatable bonds is 16. The highest BCUT2D eigenvalue weighted by molar-refractivity contribution is 6.25. The number of aliphatic hydroxyl groups excluding tert-OH is 1. The maximum absolute atomic E-state index is 9.68. The second-order valence-corrected chi connectivity index (χ2v) is 9.63. The van der Waals surface area contributed by atoms with Gasteiger partial charge in [-0.3, -0.25) is 0 Å². The van der Waals surface area contributed by atoms with Crippen molar-refractivity contribution >= 4 is 23.2 Å². The first-order chi connectivity index (χ1) is 11.3. The van der Waals surface area contributed by atoms with Crippen LogP contribution in [0.3, 0.4) is 0 Å². The van der Waals surface area contributed by atoms with Crippen molar-refractivity contribution in [1.82, 2.24) is 0 Å². The second kappa shape index (κ2) is 14.7. The molecule has 1 N–H and O–H groups in total. The van der Waals surface area contributed by atoms with Crippen LogP contribution in [0.5, 0.6) is 0 Å². The third kappa shape index (κ3) is 13.8. The normalized spacial score (nSPS) is 16.1. The molecule has 0 saturated carbocycles. The molecular formula is C21H42Cl2O. The van der Waals surface area contributed by atoms with E-state index in [1.807, 2.05) is 20.8 Å². The lowest BCUT2D eigenvalue weighted by molar-refractivity contribution is 0.146. The van der Waals surface area contributed by atoms with Crippen LogP contribution in [0.2, 0.25) is 0 Å². The number of unbranched alkanes of at least 4 members (excludes halogenated alkanes) is 10. The lowest BCUT2D eigenvalue weighted by Gasteiger charge is -2.33. The zero-order valence-corrected chi connectivity index (χ0v) is 18.1. The van der Waals surface area contributed by atoms with Crippen LogP contribution in [-0.4, -0.2) is 21.5 Å². The van der Waals surface area contributed by atoms with Crippen molar-refractivity contribution < 1.29 is 5.11 Å². The molecule has 0 saturated heterocycles. The van der Waals surface area contributed by atoms with Gasteiger partial charge in [-0.1, -0.05) is 77.6 Å². The van der Waals surface area contributed by atoms with E-state index >= 15 is 0 Å². The standard InChI is InChI=1S/C21H42Cl2O/c1-5-6-7-8-9-10-11-12-13-14-15-16-20(22)19(17-18(2)24)21(3,4)23/h18-20,24H,5-17H2,1-4H3. The summed E-state index contributed by atoms with van der Waals surface area (Å²) in [5.41, 5.74) is 0. The van der Waals surface area contributed by atoms with Gasteiger partial charge in [-0.25, -0.2) is 0 Å². The Kier molecular flexibility index (Phi) is 15.0. The molecule has 0 radical (unpaired) electrons. The van der Waals surface area contributed by atoms with Crippen LogP contribution < -0.4 is 0 Å². The van der Waals surface area contributed by atoms with Gasteiger partial charge < -0.3 is 5.11 Å². The van der Waals surface area contributed by atoms with Crippen molar-refractivity contribution in [3.05, 3.63) is 0 Å². The molecule has 0 aliphatic carbocycles. The number of aliphatic hydroxyl groups is 1. The molecule has 0 amide bonds. The molecule has 0 spiro atoms. The molecule has 0 bridgehead atoms. The maximum atomic E-state index is 9.68. The summed E-state index contributed by atoms with van der Waals surface area (Å²) < 4.78 is 0. The Balaban J connectivity index is 3.67. The smallest absolute Gasteiger partial charge is 0.0515 e. The van der Waals surface area contributed by atoms with Crippen molar-refractivity contribution in [2.45, 2.75) is 128 Å². The van der Waals surface area contributed by atoms with Gasteiger partial charge >= 0.3 is 0 Å². The average molecular weight is 381 g/mol. The molecule has 0 aromatic rings. The van der Waals surface area contributed by atoms with E-state index in [9.17, 15) is 5.11 Å². The molecule has 24 heavy (non-hydrogen) atoms. The van der Waals surface area contributed by atoms with Crippen LogP contribution in [0.4, 0.5) is 0 Å². The average Bonchev–Trinajstić information content (AvgIpc) is 2.48. The van der Waals surface area contributed by atoms with Gasteiger partial charge in [-0.05, 0) is 39.5 Å².